The van der Waals surface area contributed by atoms with Crippen LogP contribution in [0.15, 0.2) is 66.9 Å². The van der Waals surface area contributed by atoms with Gasteiger partial charge in [0.2, 0.25) is 0 Å². The first kappa shape index (κ1) is 27.5. The summed E-state index contributed by atoms with van der Waals surface area (Å²) in [7, 11) is 0. The van der Waals surface area contributed by atoms with Crippen LogP contribution < -0.4 is 25.6 Å². The van der Waals surface area contributed by atoms with Gasteiger partial charge in [-0.15, -0.1) is 11.3 Å². The van der Waals surface area contributed by atoms with Gasteiger partial charge in [0.1, 0.15) is 26.8 Å². The van der Waals surface area contributed by atoms with E-state index in [2.05, 4.69) is 20.9 Å². The van der Waals surface area contributed by atoms with Crippen LogP contribution in [0.2, 0.25) is 0 Å². The number of pyridine rings is 1. The van der Waals surface area contributed by atoms with E-state index in [0.29, 0.717) is 44.3 Å². The van der Waals surface area contributed by atoms with Crippen molar-refractivity contribution in [3.05, 3.63) is 71.7 Å². The Balaban J connectivity index is 1.18. The second-order valence-corrected chi connectivity index (χ2v) is 12.3. The Kier molecular flexibility index (Phi) is 7.19. The smallest absolute Gasteiger partial charge is 0.407 e. The number of hydrogen-bond donors (Lipinski definition) is 3. The zero-order valence-electron chi connectivity index (χ0n) is 23.5. The van der Waals surface area contributed by atoms with Gasteiger partial charge in [0.15, 0.2) is 0 Å². The van der Waals surface area contributed by atoms with E-state index >= 15 is 0 Å². The van der Waals surface area contributed by atoms with Gasteiger partial charge in [0.05, 0.1) is 22.4 Å². The molecule has 42 heavy (non-hydrogen) atoms. The van der Waals surface area contributed by atoms with Crippen LogP contribution in [0.5, 0.6) is 11.5 Å². The molecule has 0 spiro atoms. The zero-order valence-corrected chi connectivity index (χ0v) is 24.3. The number of rotatable bonds is 6. The van der Waals surface area contributed by atoms with E-state index < -0.39 is 11.7 Å². The van der Waals surface area contributed by atoms with E-state index in [4.69, 9.17) is 9.47 Å². The van der Waals surface area contributed by atoms with Gasteiger partial charge < -0.3 is 25.4 Å². The van der Waals surface area contributed by atoms with E-state index in [0.717, 1.165) is 18.6 Å². The molecular formula is C31H31N5O5S. The van der Waals surface area contributed by atoms with Crippen molar-refractivity contribution < 1.29 is 23.9 Å². The summed E-state index contributed by atoms with van der Waals surface area (Å²) in [4.78, 5) is 46.1. The van der Waals surface area contributed by atoms with E-state index in [1.54, 1.807) is 17.2 Å². The Morgan fingerprint density at radius 2 is 1.67 bits per heavy atom. The molecule has 0 bridgehead atoms. The number of amides is 4. The number of nitrogens with one attached hydrogen (secondary N) is 3. The van der Waals surface area contributed by atoms with Crippen molar-refractivity contribution in [1.82, 2.24) is 15.6 Å². The SMILES string of the molecule is CC(C)(C)OC(=O)N[C@@H]1CC[C@H](NC(=O)c2sc3nccc4c3c2NC(=O)N4c2ccc(Oc3ccccc3)cc2)C1. The van der Waals surface area contributed by atoms with Crippen molar-refractivity contribution in [2.75, 3.05) is 10.2 Å². The monoisotopic (exact) mass is 585 g/mol. The molecule has 0 saturated heterocycles. The maximum absolute atomic E-state index is 13.4. The molecule has 1 fully saturated rings. The van der Waals surface area contributed by atoms with Crippen LogP contribution >= 0.6 is 11.3 Å². The molecule has 0 radical (unpaired) electrons. The van der Waals surface area contributed by atoms with Crippen LogP contribution in [-0.4, -0.2) is 40.7 Å². The Bertz CT molecular complexity index is 1650. The lowest BCUT2D eigenvalue weighted by Gasteiger charge is -2.28. The number of ether oxygens (including phenoxy) is 2. The highest BCUT2D eigenvalue weighted by molar-refractivity contribution is 7.21. The first-order valence-corrected chi connectivity index (χ1v) is 14.6. The van der Waals surface area contributed by atoms with E-state index in [-0.39, 0.29) is 24.0 Å². The third kappa shape index (κ3) is 5.73. The average molecular weight is 586 g/mol. The minimum Gasteiger partial charge on any atom is -0.457 e. The summed E-state index contributed by atoms with van der Waals surface area (Å²) in [6.07, 6.45) is 3.23. The molecule has 1 aliphatic carbocycles. The van der Waals surface area contributed by atoms with Gasteiger partial charge in [0.25, 0.3) is 5.91 Å². The van der Waals surface area contributed by atoms with Gasteiger partial charge in [0, 0.05) is 18.3 Å². The lowest BCUT2D eigenvalue weighted by Crippen LogP contribution is -2.40. The maximum atomic E-state index is 13.4. The predicted octanol–water partition coefficient (Wildman–Crippen LogP) is 6.95. The van der Waals surface area contributed by atoms with Crippen LogP contribution in [0.4, 0.5) is 26.7 Å². The summed E-state index contributed by atoms with van der Waals surface area (Å²) >= 11 is 1.24. The van der Waals surface area contributed by atoms with Gasteiger partial charge in [-0.2, -0.15) is 0 Å². The van der Waals surface area contributed by atoms with Crippen molar-refractivity contribution in [1.29, 1.82) is 0 Å². The molecule has 1 saturated carbocycles. The first-order chi connectivity index (χ1) is 20.1. The molecule has 3 heterocycles. The summed E-state index contributed by atoms with van der Waals surface area (Å²) in [5.74, 6) is 1.09. The van der Waals surface area contributed by atoms with Crippen molar-refractivity contribution >= 4 is 56.6 Å². The van der Waals surface area contributed by atoms with E-state index in [1.807, 2.05) is 75.4 Å². The number of urea groups is 1. The van der Waals surface area contributed by atoms with Gasteiger partial charge in [-0.25, -0.2) is 14.6 Å². The summed E-state index contributed by atoms with van der Waals surface area (Å²) in [6.45, 7) is 5.45. The third-order valence-corrected chi connectivity index (χ3v) is 8.11. The van der Waals surface area contributed by atoms with Crippen LogP contribution in [0.1, 0.15) is 49.7 Å². The molecule has 11 heteroatoms. The zero-order chi connectivity index (χ0) is 29.4. The Hall–Kier alpha value is -4.64. The molecule has 4 amide bonds. The van der Waals surface area contributed by atoms with E-state index in [1.165, 1.54) is 11.3 Å². The number of anilines is 3. The van der Waals surface area contributed by atoms with Crippen LogP contribution in [-0.2, 0) is 4.74 Å². The standard InChI is InChI=1S/C31H31N5O5S/c1-31(2,3)41-30(39)34-19-10-9-18(17-19)33-27(37)26-25-24-23(15-16-32-28(24)42-26)36(29(38)35-25)20-11-13-22(14-12-20)40-21-7-5-4-6-8-21/h4-8,11-16,18-19H,9-10,17H2,1-3H3,(H,33,37)(H,34,39)(H,35,38)/t18-,19+/m0/s1. The van der Waals surface area contributed by atoms with Crippen LogP contribution in [0.25, 0.3) is 10.2 Å². The van der Waals surface area contributed by atoms with Crippen LogP contribution in [0.3, 0.4) is 0 Å². The molecule has 2 aliphatic rings. The van der Waals surface area contributed by atoms with Gasteiger partial charge in [-0.1, -0.05) is 18.2 Å². The molecule has 1 aliphatic heterocycles. The fourth-order valence-electron chi connectivity index (χ4n) is 5.26. The second kappa shape index (κ2) is 11.0. The van der Waals surface area contributed by atoms with Crippen molar-refractivity contribution in [3.8, 4) is 11.5 Å². The van der Waals surface area contributed by atoms with Crippen LogP contribution in [0, 0.1) is 0 Å². The number of thiophene rings is 1. The molecule has 216 valence electrons. The third-order valence-electron chi connectivity index (χ3n) is 7.01. The molecular weight excluding hydrogens is 554 g/mol. The lowest BCUT2D eigenvalue weighted by molar-refractivity contribution is 0.0505. The Morgan fingerprint density at radius 3 is 2.38 bits per heavy atom. The summed E-state index contributed by atoms with van der Waals surface area (Å²) in [6, 6.07) is 17.9. The number of alkyl carbamates (subject to hydrolysis) is 1. The molecule has 0 unspecified atom stereocenters. The summed E-state index contributed by atoms with van der Waals surface area (Å²) in [5, 5.41) is 9.62. The second-order valence-electron chi connectivity index (χ2n) is 11.3. The molecule has 6 rings (SSSR count). The fourth-order valence-corrected chi connectivity index (χ4v) is 6.28. The van der Waals surface area contributed by atoms with Crippen molar-refractivity contribution in [2.24, 2.45) is 0 Å². The molecule has 2 aromatic carbocycles. The largest absolute Gasteiger partial charge is 0.457 e. The van der Waals surface area contributed by atoms with Crippen molar-refractivity contribution in [3.63, 3.8) is 0 Å². The Morgan fingerprint density at radius 1 is 0.976 bits per heavy atom. The Labute approximate surface area is 247 Å². The molecule has 10 nitrogen and oxygen atoms in total. The summed E-state index contributed by atoms with van der Waals surface area (Å²) < 4.78 is 11.2. The number of nitrogens with zero attached hydrogens (tertiary/aromatic N) is 2. The first-order valence-electron chi connectivity index (χ1n) is 13.8. The molecule has 2 aromatic heterocycles. The maximum Gasteiger partial charge on any atom is 0.407 e. The average Bonchev–Trinajstić information content (AvgIpc) is 3.54. The van der Waals surface area contributed by atoms with Gasteiger partial charge in [-0.3, -0.25) is 9.69 Å². The molecule has 4 aromatic rings. The van der Waals surface area contributed by atoms with Gasteiger partial charge >= 0.3 is 12.1 Å². The highest BCUT2D eigenvalue weighted by Crippen LogP contribution is 2.46. The minimum absolute atomic E-state index is 0.0862. The number of aromatic nitrogens is 1. The highest BCUT2D eigenvalue weighted by atomic mass is 32.1. The highest BCUT2D eigenvalue weighted by Gasteiger charge is 2.34. The van der Waals surface area contributed by atoms with E-state index in [9.17, 15) is 14.4 Å². The quantitative estimate of drug-likeness (QED) is 0.225. The lowest BCUT2D eigenvalue weighted by atomic mass is 10.1. The number of carbonyl (C=O) groups is 3. The number of para-hydroxylation sites is 1. The predicted molar refractivity (Wildman–Crippen MR) is 162 cm³/mol. The molecule has 3 N–H and O–H groups in total. The summed E-state index contributed by atoms with van der Waals surface area (Å²) in [5.41, 5.74) is 1.18. The number of hydrogen-bond acceptors (Lipinski definition) is 7. The van der Waals surface area contributed by atoms with Crippen molar-refractivity contribution in [2.45, 2.75) is 57.7 Å². The number of benzene rings is 2. The minimum atomic E-state index is -0.577. The molecule has 2 atom stereocenters. The normalized spacial score (nSPS) is 18.0. The topological polar surface area (TPSA) is 122 Å². The fraction of sp³-hybridized carbons (Fsp3) is 0.290. The number of carbonyl (C=O) groups excluding carboxylic acids is 3. The van der Waals surface area contributed by atoms with Gasteiger partial charge in [-0.05, 0) is 82.5 Å².